The fourth-order valence-electron chi connectivity index (χ4n) is 0.952. The normalized spacial score (nSPS) is 11.8. The first-order valence-electron chi connectivity index (χ1n) is 3.74. The molecular weight excluding hydrogens is 213 g/mol. The first-order valence-corrected chi connectivity index (χ1v) is 3.74. The van der Waals surface area contributed by atoms with E-state index in [1.165, 1.54) is 6.33 Å². The number of halogens is 2. The van der Waals surface area contributed by atoms with Crippen LogP contribution in [-0.4, -0.2) is 33.9 Å². The third-order valence-corrected chi connectivity index (χ3v) is 1.59. The van der Waals surface area contributed by atoms with E-state index in [2.05, 4.69) is 15.3 Å². The lowest BCUT2D eigenvalue weighted by Crippen LogP contribution is -2.38. The summed E-state index contributed by atoms with van der Waals surface area (Å²) in [6.07, 6.45) is 3.20. The first-order chi connectivity index (χ1) is 6.24. The van der Waals surface area contributed by atoms with Crippen LogP contribution < -0.4 is 5.32 Å². The number of hydrogen-bond donors (Lipinski definition) is 3. The van der Waals surface area contributed by atoms with E-state index in [-0.39, 0.29) is 18.8 Å². The van der Waals surface area contributed by atoms with E-state index in [4.69, 9.17) is 5.11 Å². The predicted molar refractivity (Wildman–Crippen MR) is 50.1 cm³/mol. The molecule has 0 amide bonds. The van der Waals surface area contributed by atoms with Gasteiger partial charge < -0.3 is 10.1 Å². The highest BCUT2D eigenvalue weighted by Crippen LogP contribution is 1.98. The van der Waals surface area contributed by atoms with Crippen LogP contribution in [0.4, 0.5) is 4.39 Å². The number of aliphatic carboxylic acids is 1. The van der Waals surface area contributed by atoms with E-state index < -0.39 is 18.8 Å². The van der Waals surface area contributed by atoms with Crippen molar-refractivity contribution in [3.63, 3.8) is 0 Å². The Morgan fingerprint density at radius 1 is 1.79 bits per heavy atom. The predicted octanol–water partition coefficient (Wildman–Crippen LogP) is 0.344. The van der Waals surface area contributed by atoms with Crippen LogP contribution in [0.5, 0.6) is 0 Å². The van der Waals surface area contributed by atoms with Gasteiger partial charge in [-0.2, -0.15) is 0 Å². The second-order valence-corrected chi connectivity index (χ2v) is 2.49. The smallest absolute Gasteiger partial charge is 0.321 e. The fraction of sp³-hybridized carbons (Fsp3) is 0.429. The molecule has 0 aliphatic carbocycles. The number of hydrogen-bond acceptors (Lipinski definition) is 3. The van der Waals surface area contributed by atoms with Crippen LogP contribution in [-0.2, 0) is 11.2 Å². The number of rotatable bonds is 5. The molecule has 3 N–H and O–H groups in total. The molecule has 1 atom stereocenters. The van der Waals surface area contributed by atoms with Crippen molar-refractivity contribution in [2.75, 3.05) is 6.80 Å². The Balaban J connectivity index is 0.00000169. The minimum absolute atomic E-state index is 0. The molecule has 1 unspecified atom stereocenters. The number of aromatic nitrogens is 2. The maximum Gasteiger partial charge on any atom is 0.321 e. The van der Waals surface area contributed by atoms with Gasteiger partial charge in [-0.25, -0.2) is 9.37 Å². The Morgan fingerprint density at radius 2 is 2.50 bits per heavy atom. The SMILES string of the molecule is Cl.O=C(O)C(Cc1c[nH]cn1)NCF. The van der Waals surface area contributed by atoms with Crippen LogP contribution in [0.3, 0.4) is 0 Å². The Kier molecular flexibility index (Phi) is 5.82. The highest BCUT2D eigenvalue weighted by atomic mass is 35.5. The van der Waals surface area contributed by atoms with Crippen LogP contribution >= 0.6 is 12.4 Å². The van der Waals surface area contributed by atoms with Crippen molar-refractivity contribution >= 4 is 18.4 Å². The molecule has 0 spiro atoms. The summed E-state index contributed by atoms with van der Waals surface area (Å²) in [5, 5.41) is 10.8. The van der Waals surface area contributed by atoms with E-state index >= 15 is 0 Å². The van der Waals surface area contributed by atoms with Crippen molar-refractivity contribution < 1.29 is 14.3 Å². The number of nitrogens with one attached hydrogen (secondary N) is 2. The van der Waals surface area contributed by atoms with Gasteiger partial charge in [0, 0.05) is 12.6 Å². The third kappa shape index (κ3) is 3.71. The van der Waals surface area contributed by atoms with Gasteiger partial charge in [-0.1, -0.05) is 0 Å². The van der Waals surface area contributed by atoms with Gasteiger partial charge in [0.05, 0.1) is 12.0 Å². The summed E-state index contributed by atoms with van der Waals surface area (Å²) in [5.41, 5.74) is 0.591. The summed E-state index contributed by atoms with van der Waals surface area (Å²) in [6, 6.07) is -0.923. The van der Waals surface area contributed by atoms with Gasteiger partial charge in [-0.15, -0.1) is 12.4 Å². The summed E-state index contributed by atoms with van der Waals surface area (Å²) < 4.78 is 11.8. The summed E-state index contributed by atoms with van der Waals surface area (Å²) in [4.78, 5) is 17.1. The molecule has 0 radical (unpaired) electrons. The number of alkyl halides is 1. The molecular formula is C7H11ClFN3O2. The maximum atomic E-state index is 11.8. The molecule has 1 heterocycles. The topological polar surface area (TPSA) is 78.0 Å². The van der Waals surface area contributed by atoms with Crippen molar-refractivity contribution in [1.29, 1.82) is 0 Å². The second-order valence-electron chi connectivity index (χ2n) is 2.49. The van der Waals surface area contributed by atoms with Gasteiger partial charge in [0.25, 0.3) is 0 Å². The van der Waals surface area contributed by atoms with E-state index in [0.717, 1.165) is 0 Å². The van der Waals surface area contributed by atoms with Crippen LogP contribution in [0.1, 0.15) is 5.69 Å². The Labute approximate surface area is 86.1 Å². The van der Waals surface area contributed by atoms with Gasteiger partial charge >= 0.3 is 5.97 Å². The largest absolute Gasteiger partial charge is 0.480 e. The third-order valence-electron chi connectivity index (χ3n) is 1.59. The Bertz CT molecular complexity index is 268. The first kappa shape index (κ1) is 12.9. The number of nitrogens with zero attached hydrogens (tertiary/aromatic N) is 1. The van der Waals surface area contributed by atoms with Crippen molar-refractivity contribution in [2.24, 2.45) is 0 Å². The van der Waals surface area contributed by atoms with E-state index in [1.807, 2.05) is 0 Å². The van der Waals surface area contributed by atoms with Crippen molar-refractivity contribution in [1.82, 2.24) is 15.3 Å². The molecule has 0 saturated heterocycles. The van der Waals surface area contributed by atoms with Gasteiger partial charge in [-0.3, -0.25) is 10.1 Å². The highest BCUT2D eigenvalue weighted by Gasteiger charge is 2.17. The number of carbonyl (C=O) groups is 1. The highest BCUT2D eigenvalue weighted by molar-refractivity contribution is 5.85. The summed E-state index contributed by atoms with van der Waals surface area (Å²) in [6.45, 7) is -0.860. The van der Waals surface area contributed by atoms with Crippen molar-refractivity contribution in [3.8, 4) is 0 Å². The van der Waals surface area contributed by atoms with E-state index in [9.17, 15) is 9.18 Å². The minimum Gasteiger partial charge on any atom is -0.480 e. The lowest BCUT2D eigenvalue weighted by atomic mass is 10.2. The molecule has 1 aromatic rings. The molecule has 0 saturated carbocycles. The zero-order valence-electron chi connectivity index (χ0n) is 7.24. The van der Waals surface area contributed by atoms with Crippen molar-refractivity contribution in [2.45, 2.75) is 12.5 Å². The molecule has 0 fully saturated rings. The molecule has 0 bridgehead atoms. The Hall–Kier alpha value is -1.14. The molecule has 0 aliphatic rings. The van der Waals surface area contributed by atoms with Gasteiger partial charge in [-0.05, 0) is 0 Å². The lowest BCUT2D eigenvalue weighted by molar-refractivity contribution is -0.139. The summed E-state index contributed by atoms with van der Waals surface area (Å²) >= 11 is 0. The molecule has 0 aliphatic heterocycles. The van der Waals surface area contributed by atoms with Crippen LogP contribution in [0.15, 0.2) is 12.5 Å². The molecule has 5 nitrogen and oxygen atoms in total. The molecule has 14 heavy (non-hydrogen) atoms. The minimum atomic E-state index is -1.08. The van der Waals surface area contributed by atoms with Crippen LogP contribution in [0.25, 0.3) is 0 Å². The Morgan fingerprint density at radius 3 is 2.93 bits per heavy atom. The number of aromatic amines is 1. The summed E-state index contributed by atoms with van der Waals surface area (Å²) in [5.74, 6) is -1.08. The number of carboxylic acids is 1. The molecule has 80 valence electrons. The molecule has 1 aromatic heterocycles. The molecule has 7 heteroatoms. The van der Waals surface area contributed by atoms with Crippen LogP contribution in [0, 0.1) is 0 Å². The maximum absolute atomic E-state index is 11.8. The summed E-state index contributed by atoms with van der Waals surface area (Å²) in [7, 11) is 0. The number of carboxylic acid groups (broad SMARTS) is 1. The number of H-pyrrole nitrogens is 1. The average molecular weight is 224 g/mol. The van der Waals surface area contributed by atoms with E-state index in [1.54, 1.807) is 6.20 Å². The quantitative estimate of drug-likeness (QED) is 0.630. The second kappa shape index (κ2) is 6.33. The van der Waals surface area contributed by atoms with Gasteiger partial charge in [0.2, 0.25) is 0 Å². The van der Waals surface area contributed by atoms with E-state index in [0.29, 0.717) is 5.69 Å². The van der Waals surface area contributed by atoms with Crippen LogP contribution in [0.2, 0.25) is 0 Å². The lowest BCUT2D eigenvalue weighted by Gasteiger charge is -2.09. The zero-order valence-corrected chi connectivity index (χ0v) is 8.05. The van der Waals surface area contributed by atoms with Crippen molar-refractivity contribution in [3.05, 3.63) is 18.2 Å². The zero-order chi connectivity index (χ0) is 9.68. The number of imidazole rings is 1. The standard InChI is InChI=1S/C7H10FN3O2.ClH/c8-3-10-6(7(12)13)1-5-2-9-4-11-5;/h2,4,6,10H,1,3H2,(H,9,11)(H,12,13);1H. The molecule has 1 rings (SSSR count). The molecule has 0 aromatic carbocycles. The fourth-order valence-corrected chi connectivity index (χ4v) is 0.952. The van der Waals surface area contributed by atoms with Gasteiger partial charge in [0.15, 0.2) is 0 Å². The van der Waals surface area contributed by atoms with Gasteiger partial charge in [0.1, 0.15) is 12.8 Å². The monoisotopic (exact) mass is 223 g/mol. The average Bonchev–Trinajstić information content (AvgIpc) is 2.56.